The van der Waals surface area contributed by atoms with E-state index in [0.29, 0.717) is 5.84 Å². The summed E-state index contributed by atoms with van der Waals surface area (Å²) in [6, 6.07) is 56.0. The fourth-order valence-electron chi connectivity index (χ4n) is 8.83. The number of nitrogens with zero attached hydrogens (tertiary/aromatic N) is 3. The highest BCUT2D eigenvalue weighted by Gasteiger charge is 2.23. The number of hydrogen-bond donors (Lipinski definition) is 1. The van der Waals surface area contributed by atoms with Crippen molar-refractivity contribution in [3.05, 3.63) is 192 Å². The van der Waals surface area contributed by atoms with E-state index in [4.69, 9.17) is 14.4 Å². The van der Waals surface area contributed by atoms with Gasteiger partial charge >= 0.3 is 0 Å². The number of hydrogen-bond acceptors (Lipinski definition) is 5. The fourth-order valence-corrected chi connectivity index (χ4v) is 9.96. The van der Waals surface area contributed by atoms with Gasteiger partial charge in [-0.1, -0.05) is 127 Å². The molecule has 0 radical (unpaired) electrons. The summed E-state index contributed by atoms with van der Waals surface area (Å²) >= 11 is 1.85. The van der Waals surface area contributed by atoms with Crippen LogP contribution >= 0.6 is 11.3 Å². The standard InChI is InChI=1S/C51H34N4OS/c1-3-12-31(13-4-1)49-52-50(32-14-5-2-6-15-32)54-51(53-49)34-23-26-45-41(28-34)40-19-11-18-36(48(40)56-45)33-22-25-39-42-30-35(24-27-46(42)57-47(39)29-33)55-43-20-9-7-16-37(43)38-17-8-10-21-44(38)55/h1-9,11-20,22-30,51H,10,21H2,(H,52,53,54). The summed E-state index contributed by atoms with van der Waals surface area (Å²) in [5, 5.41) is 9.66. The van der Waals surface area contributed by atoms with Gasteiger partial charge in [-0.25, -0.2) is 9.98 Å². The van der Waals surface area contributed by atoms with Gasteiger partial charge in [0.2, 0.25) is 0 Å². The summed E-state index contributed by atoms with van der Waals surface area (Å²) < 4.78 is 11.7. The maximum Gasteiger partial charge on any atom is 0.159 e. The average Bonchev–Trinajstić information content (AvgIpc) is 3.95. The van der Waals surface area contributed by atoms with E-state index in [-0.39, 0.29) is 6.17 Å². The van der Waals surface area contributed by atoms with E-state index in [1.54, 1.807) is 0 Å². The molecule has 5 nitrogen and oxygen atoms in total. The van der Waals surface area contributed by atoms with E-state index in [1.165, 1.54) is 48.0 Å². The molecule has 1 aliphatic carbocycles. The Bertz CT molecular complexity index is 3330. The van der Waals surface area contributed by atoms with E-state index in [9.17, 15) is 0 Å². The number of allylic oxidation sites excluding steroid dienone is 1. The van der Waals surface area contributed by atoms with Crippen molar-refractivity contribution in [3.8, 4) is 16.8 Å². The summed E-state index contributed by atoms with van der Waals surface area (Å²) in [6.45, 7) is 0. The number of amidine groups is 2. The molecule has 0 fully saturated rings. The van der Waals surface area contributed by atoms with Crippen LogP contribution in [0.2, 0.25) is 0 Å². The van der Waals surface area contributed by atoms with Crippen LogP contribution in [-0.2, 0) is 6.42 Å². The molecule has 12 rings (SSSR count). The Hall–Kier alpha value is -7.02. The lowest BCUT2D eigenvalue weighted by Crippen LogP contribution is -2.33. The maximum atomic E-state index is 6.69. The highest BCUT2D eigenvalue weighted by Crippen LogP contribution is 2.42. The van der Waals surface area contributed by atoms with Gasteiger partial charge in [0.25, 0.3) is 0 Å². The topological polar surface area (TPSA) is 54.8 Å². The van der Waals surface area contributed by atoms with Gasteiger partial charge in [-0.3, -0.25) is 0 Å². The lowest BCUT2D eigenvalue weighted by Gasteiger charge is -2.23. The van der Waals surface area contributed by atoms with Crippen LogP contribution in [-0.4, -0.2) is 16.2 Å². The second-order valence-corrected chi connectivity index (χ2v) is 16.0. The minimum absolute atomic E-state index is 0.320. The van der Waals surface area contributed by atoms with E-state index in [0.717, 1.165) is 68.4 Å². The van der Waals surface area contributed by atoms with Crippen LogP contribution in [0.3, 0.4) is 0 Å². The second kappa shape index (κ2) is 12.8. The summed E-state index contributed by atoms with van der Waals surface area (Å²) in [5.41, 5.74) is 12.3. The Morgan fingerprint density at radius 2 is 1.46 bits per heavy atom. The van der Waals surface area contributed by atoms with E-state index in [2.05, 4.69) is 143 Å². The SMILES string of the molecule is C1=Cc2c(n(-c3ccc4sc5cc(-c6cccc7c6oc6ccc(C8N=C(c9ccccc9)N=C(c9ccccc9)N8)cc67)ccc5c4c3)c3ccccc23)CC1. The molecule has 10 aromatic rings. The van der Waals surface area contributed by atoms with Crippen LogP contribution in [0.1, 0.15) is 40.5 Å². The molecule has 0 saturated carbocycles. The third-order valence-electron chi connectivity index (χ3n) is 11.5. The first kappa shape index (κ1) is 32.2. The van der Waals surface area contributed by atoms with Gasteiger partial charge in [0.15, 0.2) is 5.84 Å². The van der Waals surface area contributed by atoms with E-state index >= 15 is 0 Å². The Labute approximate surface area is 332 Å². The number of benzene rings is 7. The predicted molar refractivity (Wildman–Crippen MR) is 238 cm³/mol. The summed E-state index contributed by atoms with van der Waals surface area (Å²) in [6.07, 6.45) is 6.41. The van der Waals surface area contributed by atoms with E-state index < -0.39 is 0 Å². The van der Waals surface area contributed by atoms with Crippen LogP contribution in [0.4, 0.5) is 0 Å². The van der Waals surface area contributed by atoms with Crippen molar-refractivity contribution in [1.82, 2.24) is 9.88 Å². The molecule has 270 valence electrons. The molecule has 0 amide bonds. The summed E-state index contributed by atoms with van der Waals surface area (Å²) in [7, 11) is 0. The van der Waals surface area contributed by atoms with Crippen LogP contribution in [0, 0.1) is 0 Å². The summed E-state index contributed by atoms with van der Waals surface area (Å²) in [4.78, 5) is 10.1. The van der Waals surface area contributed by atoms with Gasteiger partial charge in [-0.15, -0.1) is 11.3 Å². The van der Waals surface area contributed by atoms with Crippen molar-refractivity contribution in [2.45, 2.75) is 19.0 Å². The van der Waals surface area contributed by atoms with Gasteiger partial charge in [0.1, 0.15) is 23.2 Å². The van der Waals surface area contributed by atoms with Crippen molar-refractivity contribution < 1.29 is 4.42 Å². The lowest BCUT2D eigenvalue weighted by atomic mass is 10.00. The summed E-state index contributed by atoms with van der Waals surface area (Å²) in [5.74, 6) is 1.51. The Kier molecular flexibility index (Phi) is 7.22. The zero-order chi connectivity index (χ0) is 37.5. The molecular formula is C51H34N4OS. The molecule has 7 aromatic carbocycles. The molecule has 2 aliphatic rings. The van der Waals surface area contributed by atoms with Crippen LogP contribution in [0.25, 0.3) is 75.9 Å². The van der Waals surface area contributed by atoms with Gasteiger partial charge in [0, 0.05) is 70.0 Å². The van der Waals surface area contributed by atoms with Crippen molar-refractivity contribution in [2.24, 2.45) is 9.98 Å². The van der Waals surface area contributed by atoms with Gasteiger partial charge < -0.3 is 14.3 Å². The first-order valence-electron chi connectivity index (χ1n) is 19.5. The van der Waals surface area contributed by atoms with Crippen molar-refractivity contribution in [2.75, 3.05) is 0 Å². The molecule has 1 unspecified atom stereocenters. The fraction of sp³-hybridized carbons (Fsp3) is 0.0588. The van der Waals surface area contributed by atoms with Crippen LogP contribution in [0.15, 0.2) is 178 Å². The first-order valence-corrected chi connectivity index (χ1v) is 20.3. The lowest BCUT2D eigenvalue weighted by molar-refractivity contribution is 0.664. The zero-order valence-corrected chi connectivity index (χ0v) is 31.6. The molecule has 1 atom stereocenters. The normalized spacial score (nSPS) is 15.3. The Balaban J connectivity index is 0.930. The number of aromatic nitrogens is 1. The number of thiophene rings is 1. The molecule has 57 heavy (non-hydrogen) atoms. The van der Waals surface area contributed by atoms with Gasteiger partial charge in [0.05, 0.1) is 5.52 Å². The molecule has 0 saturated heterocycles. The predicted octanol–water partition coefficient (Wildman–Crippen LogP) is 13.0. The molecule has 0 bridgehead atoms. The largest absolute Gasteiger partial charge is 0.455 e. The third-order valence-corrected chi connectivity index (χ3v) is 12.7. The number of furan rings is 1. The number of nitrogens with one attached hydrogen (secondary N) is 1. The van der Waals surface area contributed by atoms with Crippen molar-refractivity contribution >= 4 is 82.1 Å². The number of fused-ring (bicyclic) bond motifs is 9. The molecule has 1 N–H and O–H groups in total. The molecular weight excluding hydrogens is 717 g/mol. The minimum atomic E-state index is -0.320. The van der Waals surface area contributed by atoms with Crippen molar-refractivity contribution in [3.63, 3.8) is 0 Å². The molecule has 4 heterocycles. The Morgan fingerprint density at radius 3 is 2.35 bits per heavy atom. The van der Waals surface area contributed by atoms with E-state index in [1.807, 2.05) is 47.7 Å². The molecule has 6 heteroatoms. The molecule has 0 spiro atoms. The smallest absolute Gasteiger partial charge is 0.159 e. The number of rotatable bonds is 5. The number of aliphatic imine (C=N–C) groups is 2. The second-order valence-electron chi connectivity index (χ2n) is 14.9. The van der Waals surface area contributed by atoms with Crippen LogP contribution < -0.4 is 5.32 Å². The van der Waals surface area contributed by atoms with Crippen LogP contribution in [0.5, 0.6) is 0 Å². The van der Waals surface area contributed by atoms with Gasteiger partial charge in [-0.2, -0.15) is 0 Å². The zero-order valence-electron chi connectivity index (χ0n) is 30.8. The average molecular weight is 751 g/mol. The Morgan fingerprint density at radius 1 is 0.632 bits per heavy atom. The van der Waals surface area contributed by atoms with Gasteiger partial charge in [-0.05, 0) is 66.4 Å². The highest BCUT2D eigenvalue weighted by atomic mass is 32.1. The number of para-hydroxylation sites is 2. The quantitative estimate of drug-likeness (QED) is 0.190. The minimum Gasteiger partial charge on any atom is -0.455 e. The highest BCUT2D eigenvalue weighted by molar-refractivity contribution is 7.25. The first-order chi connectivity index (χ1) is 28.2. The third kappa shape index (κ3) is 5.21. The molecule has 3 aromatic heterocycles. The molecule has 1 aliphatic heterocycles. The van der Waals surface area contributed by atoms with Crippen molar-refractivity contribution in [1.29, 1.82) is 0 Å². The maximum absolute atomic E-state index is 6.69. The monoisotopic (exact) mass is 750 g/mol.